The van der Waals surface area contributed by atoms with Crippen LogP contribution in [-0.2, 0) is 4.74 Å². The van der Waals surface area contributed by atoms with Crippen LogP contribution in [0, 0.1) is 0 Å². The lowest BCUT2D eigenvalue weighted by atomic mass is 9.92. The van der Waals surface area contributed by atoms with Crippen LogP contribution in [0.25, 0.3) is 0 Å². The van der Waals surface area contributed by atoms with E-state index in [1.54, 1.807) is 7.11 Å². The molecule has 3 aliphatic heterocycles. The Morgan fingerprint density at radius 1 is 1.54 bits per heavy atom. The molecule has 3 aliphatic rings. The number of piperidine rings is 2. The topological polar surface area (TPSA) is 24.5 Å². The number of hydrogen-bond donors (Lipinski definition) is 1. The van der Waals surface area contributed by atoms with E-state index in [1.807, 2.05) is 0 Å². The minimum absolute atomic E-state index is 0.583. The van der Waals surface area contributed by atoms with Gasteiger partial charge in [0, 0.05) is 38.3 Å². The predicted molar refractivity (Wildman–Crippen MR) is 52.9 cm³/mol. The van der Waals surface area contributed by atoms with Gasteiger partial charge in [-0.05, 0) is 19.8 Å². The summed E-state index contributed by atoms with van der Waals surface area (Å²) in [4.78, 5) is 2.61. The summed E-state index contributed by atoms with van der Waals surface area (Å²) < 4.78 is 5.20. The Labute approximate surface area is 80.4 Å². The third-order valence-corrected chi connectivity index (χ3v) is 3.36. The lowest BCUT2D eigenvalue weighted by molar-refractivity contribution is 0.0109. The molecule has 0 amide bonds. The van der Waals surface area contributed by atoms with Gasteiger partial charge in [0.2, 0.25) is 0 Å². The van der Waals surface area contributed by atoms with Crippen molar-refractivity contribution in [2.45, 2.75) is 37.9 Å². The van der Waals surface area contributed by atoms with E-state index in [-0.39, 0.29) is 0 Å². The average Bonchev–Trinajstić information content (AvgIpc) is 2.20. The van der Waals surface area contributed by atoms with Gasteiger partial charge >= 0.3 is 0 Å². The first-order valence-corrected chi connectivity index (χ1v) is 5.29. The van der Waals surface area contributed by atoms with Gasteiger partial charge in [-0.1, -0.05) is 0 Å². The van der Waals surface area contributed by atoms with Gasteiger partial charge in [-0.2, -0.15) is 0 Å². The number of nitrogens with zero attached hydrogens (tertiary/aromatic N) is 1. The quantitative estimate of drug-likeness (QED) is 0.689. The molecule has 3 heterocycles. The van der Waals surface area contributed by atoms with Crippen LogP contribution in [0.3, 0.4) is 0 Å². The van der Waals surface area contributed by atoms with Gasteiger partial charge in [-0.15, -0.1) is 0 Å². The summed E-state index contributed by atoms with van der Waals surface area (Å²) in [5.74, 6) is 0. The van der Waals surface area contributed by atoms with Gasteiger partial charge in [0.15, 0.2) is 0 Å². The van der Waals surface area contributed by atoms with Gasteiger partial charge in [-0.3, -0.25) is 4.90 Å². The van der Waals surface area contributed by atoms with E-state index in [1.165, 1.54) is 25.9 Å². The van der Waals surface area contributed by atoms with Crippen molar-refractivity contribution in [2.24, 2.45) is 0 Å². The number of fused-ring (bicyclic) bond motifs is 3. The summed E-state index contributed by atoms with van der Waals surface area (Å²) in [6.45, 7) is 5.53. The molecular weight excluding hydrogens is 164 g/mol. The van der Waals surface area contributed by atoms with Crippen molar-refractivity contribution < 1.29 is 4.74 Å². The molecule has 76 valence electrons. The highest BCUT2D eigenvalue weighted by Gasteiger charge is 2.35. The number of piperazine rings is 1. The van der Waals surface area contributed by atoms with Crippen molar-refractivity contribution in [3.63, 3.8) is 0 Å². The first-order chi connectivity index (χ1) is 6.31. The normalized spacial score (nSPS) is 36.5. The molecule has 1 N–H and O–H groups in total. The van der Waals surface area contributed by atoms with Crippen LogP contribution < -0.4 is 5.32 Å². The second kappa shape index (κ2) is 3.95. The zero-order chi connectivity index (χ0) is 9.26. The summed E-state index contributed by atoms with van der Waals surface area (Å²) in [5, 5.41) is 3.56. The molecule has 3 nitrogen and oxygen atoms in total. The highest BCUT2D eigenvalue weighted by atomic mass is 16.5. The highest BCUT2D eigenvalue weighted by Crippen LogP contribution is 2.24. The van der Waals surface area contributed by atoms with Gasteiger partial charge in [-0.25, -0.2) is 0 Å². The van der Waals surface area contributed by atoms with Crippen LogP contribution in [-0.4, -0.2) is 49.8 Å². The Morgan fingerprint density at radius 3 is 2.85 bits per heavy atom. The van der Waals surface area contributed by atoms with E-state index in [9.17, 15) is 0 Å². The zero-order valence-electron chi connectivity index (χ0n) is 8.62. The largest absolute Gasteiger partial charge is 0.383 e. The van der Waals surface area contributed by atoms with Gasteiger partial charge in [0.25, 0.3) is 0 Å². The first-order valence-electron chi connectivity index (χ1n) is 5.29. The zero-order valence-corrected chi connectivity index (χ0v) is 8.62. The molecule has 3 atom stereocenters. The van der Waals surface area contributed by atoms with E-state index in [0.717, 1.165) is 18.7 Å². The van der Waals surface area contributed by atoms with E-state index in [2.05, 4.69) is 17.1 Å². The van der Waals surface area contributed by atoms with Gasteiger partial charge < -0.3 is 10.1 Å². The van der Waals surface area contributed by atoms with E-state index in [4.69, 9.17) is 4.74 Å². The van der Waals surface area contributed by atoms with Crippen molar-refractivity contribution in [1.82, 2.24) is 10.2 Å². The van der Waals surface area contributed by atoms with Crippen molar-refractivity contribution >= 4 is 0 Å². The van der Waals surface area contributed by atoms with Crippen molar-refractivity contribution in [3.05, 3.63) is 0 Å². The van der Waals surface area contributed by atoms with Crippen LogP contribution in [0.2, 0.25) is 0 Å². The van der Waals surface area contributed by atoms with Crippen LogP contribution >= 0.6 is 0 Å². The van der Waals surface area contributed by atoms with E-state index < -0.39 is 0 Å². The number of nitrogens with one attached hydrogen (secondary N) is 1. The maximum Gasteiger partial charge on any atom is 0.0615 e. The van der Waals surface area contributed by atoms with Crippen molar-refractivity contribution in [1.29, 1.82) is 0 Å². The number of hydrogen-bond acceptors (Lipinski definition) is 3. The molecule has 0 aliphatic carbocycles. The summed E-state index contributed by atoms with van der Waals surface area (Å²) in [6, 6.07) is 2.08. The maximum atomic E-state index is 5.20. The van der Waals surface area contributed by atoms with Crippen LogP contribution in [0.1, 0.15) is 19.8 Å². The van der Waals surface area contributed by atoms with Crippen molar-refractivity contribution in [3.8, 4) is 0 Å². The van der Waals surface area contributed by atoms with Gasteiger partial charge in [0.05, 0.1) is 6.61 Å². The lowest BCUT2D eigenvalue weighted by Gasteiger charge is -2.48. The Kier molecular flexibility index (Phi) is 2.86. The number of rotatable bonds is 3. The molecule has 13 heavy (non-hydrogen) atoms. The fraction of sp³-hybridized carbons (Fsp3) is 1.00. The SMILES string of the molecule is COCC(C)N1CC2CCC1CN2. The third kappa shape index (κ3) is 1.87. The fourth-order valence-electron chi connectivity index (χ4n) is 2.62. The molecule has 0 radical (unpaired) electrons. The monoisotopic (exact) mass is 184 g/mol. The Bertz CT molecular complexity index is 166. The molecule has 3 unspecified atom stereocenters. The summed E-state index contributed by atoms with van der Waals surface area (Å²) >= 11 is 0. The Balaban J connectivity index is 1.92. The number of ether oxygens (including phenoxy) is 1. The maximum absolute atomic E-state index is 5.20. The summed E-state index contributed by atoms with van der Waals surface area (Å²) in [5.41, 5.74) is 0. The van der Waals surface area contributed by atoms with Crippen LogP contribution in [0.15, 0.2) is 0 Å². The Morgan fingerprint density at radius 2 is 2.38 bits per heavy atom. The second-order valence-corrected chi connectivity index (χ2v) is 4.34. The second-order valence-electron chi connectivity index (χ2n) is 4.34. The van der Waals surface area contributed by atoms with Gasteiger partial charge in [0.1, 0.15) is 0 Å². The minimum Gasteiger partial charge on any atom is -0.383 e. The number of methoxy groups -OCH3 is 1. The molecule has 2 bridgehead atoms. The molecular formula is C10H20N2O. The molecule has 0 aromatic carbocycles. The minimum atomic E-state index is 0.583. The molecule has 3 rings (SSSR count). The van der Waals surface area contributed by atoms with E-state index >= 15 is 0 Å². The standard InChI is InChI=1S/C10H20N2O/c1-8(7-13-2)12-6-9-3-4-10(12)5-11-9/h8-11H,3-7H2,1-2H3. The smallest absolute Gasteiger partial charge is 0.0615 e. The lowest BCUT2D eigenvalue weighted by Crippen LogP contribution is -2.63. The third-order valence-electron chi connectivity index (χ3n) is 3.36. The van der Waals surface area contributed by atoms with Crippen LogP contribution in [0.4, 0.5) is 0 Å². The molecule has 3 heteroatoms. The van der Waals surface area contributed by atoms with E-state index in [0.29, 0.717) is 6.04 Å². The first kappa shape index (κ1) is 9.44. The van der Waals surface area contributed by atoms with Crippen LogP contribution in [0.5, 0.6) is 0 Å². The molecule has 0 saturated carbocycles. The average molecular weight is 184 g/mol. The predicted octanol–water partition coefficient (Wildman–Crippen LogP) is 0.458. The molecule has 0 spiro atoms. The molecule has 0 aromatic heterocycles. The Hall–Kier alpha value is -0.120. The summed E-state index contributed by atoms with van der Waals surface area (Å²) in [7, 11) is 1.79. The summed E-state index contributed by atoms with van der Waals surface area (Å²) in [6.07, 6.45) is 2.73. The molecule has 0 aromatic rings. The molecule has 3 fully saturated rings. The van der Waals surface area contributed by atoms with Crippen molar-refractivity contribution in [2.75, 3.05) is 26.8 Å². The molecule has 3 saturated heterocycles. The highest BCUT2D eigenvalue weighted by molar-refractivity contribution is 4.94. The fourth-order valence-corrected chi connectivity index (χ4v) is 2.62.